The molecular weight excluding hydrogens is 375 g/mol. The number of rotatable bonds is 6. The number of carbonyl (C=O) groups excluding carboxylic acids is 2. The molecule has 2 rings (SSSR count). The van der Waals surface area contributed by atoms with Crippen LogP contribution in [0.2, 0.25) is 0 Å². The Morgan fingerprint density at radius 1 is 1.11 bits per heavy atom. The Labute approximate surface area is 149 Å². The van der Waals surface area contributed by atoms with Crippen molar-refractivity contribution >= 4 is 17.6 Å². The third kappa shape index (κ3) is 4.46. The van der Waals surface area contributed by atoms with Gasteiger partial charge in [-0.2, -0.15) is 0 Å². The Kier molecular flexibility index (Phi) is 6.22. The number of hydrogen-bond donors (Lipinski definition) is 1. The summed E-state index contributed by atoms with van der Waals surface area (Å²) in [6.07, 6.45) is 1.59. The molecule has 10 heteroatoms. The summed E-state index contributed by atoms with van der Waals surface area (Å²) in [6.45, 7) is 1.26. The standard InChI is InChI=1S/C17H11F5N2O3/c1-2-27-17(26)10(7-24-12-4-3-8(18)6-23-12)16(25)9-5-11(19)14(21)15(22)13(9)20/h3-7H,2H2,1H3,(H,23,24)/b10-7+. The van der Waals surface area contributed by atoms with E-state index in [1.165, 1.54) is 6.92 Å². The van der Waals surface area contributed by atoms with Gasteiger partial charge in [0.25, 0.3) is 0 Å². The molecule has 1 aromatic heterocycles. The van der Waals surface area contributed by atoms with Gasteiger partial charge in [-0.25, -0.2) is 31.7 Å². The van der Waals surface area contributed by atoms with Crippen LogP contribution < -0.4 is 5.32 Å². The fourth-order valence-electron chi connectivity index (χ4n) is 1.92. The zero-order chi connectivity index (χ0) is 20.1. The van der Waals surface area contributed by atoms with Crippen molar-refractivity contribution in [3.05, 3.63) is 70.8 Å². The van der Waals surface area contributed by atoms with Gasteiger partial charge in [0.05, 0.1) is 18.4 Å². The molecule has 0 aliphatic rings. The molecule has 0 spiro atoms. The van der Waals surface area contributed by atoms with Gasteiger partial charge in [-0.1, -0.05) is 0 Å². The van der Waals surface area contributed by atoms with Gasteiger partial charge in [0.15, 0.2) is 23.3 Å². The zero-order valence-corrected chi connectivity index (χ0v) is 13.7. The van der Waals surface area contributed by atoms with Crippen molar-refractivity contribution in [1.82, 2.24) is 4.98 Å². The van der Waals surface area contributed by atoms with Crippen LogP contribution >= 0.6 is 0 Å². The molecule has 0 aliphatic carbocycles. The molecule has 142 valence electrons. The third-order valence-corrected chi connectivity index (χ3v) is 3.18. The highest BCUT2D eigenvalue weighted by Gasteiger charge is 2.28. The molecule has 1 aromatic carbocycles. The van der Waals surface area contributed by atoms with E-state index >= 15 is 0 Å². The van der Waals surface area contributed by atoms with Crippen LogP contribution in [0.5, 0.6) is 0 Å². The summed E-state index contributed by atoms with van der Waals surface area (Å²) in [5, 5.41) is 2.38. The molecular formula is C17H11F5N2O3. The number of ketones is 1. The summed E-state index contributed by atoms with van der Waals surface area (Å²) >= 11 is 0. The normalized spacial score (nSPS) is 11.3. The lowest BCUT2D eigenvalue weighted by molar-refractivity contribution is -0.138. The van der Waals surface area contributed by atoms with Crippen LogP contribution in [0.4, 0.5) is 27.8 Å². The number of aromatic nitrogens is 1. The van der Waals surface area contributed by atoms with Crippen LogP contribution in [0.25, 0.3) is 0 Å². The van der Waals surface area contributed by atoms with Crippen molar-refractivity contribution in [2.24, 2.45) is 0 Å². The van der Waals surface area contributed by atoms with E-state index in [-0.39, 0.29) is 18.5 Å². The fourth-order valence-corrected chi connectivity index (χ4v) is 1.92. The maximum absolute atomic E-state index is 13.9. The Hall–Kier alpha value is -3.30. The molecule has 27 heavy (non-hydrogen) atoms. The SMILES string of the molecule is CCOC(=O)/C(=C/Nc1ccc(F)cn1)C(=O)c1cc(F)c(F)c(F)c1F. The monoisotopic (exact) mass is 386 g/mol. The van der Waals surface area contributed by atoms with E-state index in [1.807, 2.05) is 0 Å². The van der Waals surface area contributed by atoms with E-state index in [0.717, 1.165) is 24.5 Å². The minimum atomic E-state index is -2.20. The lowest BCUT2D eigenvalue weighted by atomic mass is 10.0. The van der Waals surface area contributed by atoms with Crippen molar-refractivity contribution in [2.45, 2.75) is 6.92 Å². The smallest absolute Gasteiger partial charge is 0.343 e. The topological polar surface area (TPSA) is 68.3 Å². The maximum Gasteiger partial charge on any atom is 0.343 e. The quantitative estimate of drug-likeness (QED) is 0.120. The van der Waals surface area contributed by atoms with Crippen molar-refractivity contribution in [3.8, 4) is 0 Å². The first-order valence-electron chi connectivity index (χ1n) is 7.39. The average Bonchev–Trinajstić information content (AvgIpc) is 2.64. The minimum Gasteiger partial charge on any atom is -0.462 e. The molecule has 0 saturated carbocycles. The van der Waals surface area contributed by atoms with Crippen LogP contribution in [0, 0.1) is 29.1 Å². The van der Waals surface area contributed by atoms with Crippen LogP contribution in [0.3, 0.4) is 0 Å². The number of Topliss-reactive ketones (excluding diaryl/α,β-unsaturated/α-hetero) is 1. The molecule has 2 aromatic rings. The predicted octanol–water partition coefficient (Wildman–Crippen LogP) is 3.52. The molecule has 0 aliphatic heterocycles. The number of halogens is 5. The van der Waals surface area contributed by atoms with E-state index in [0.29, 0.717) is 0 Å². The van der Waals surface area contributed by atoms with Gasteiger partial charge >= 0.3 is 5.97 Å². The first-order valence-corrected chi connectivity index (χ1v) is 7.39. The lowest BCUT2D eigenvalue weighted by Crippen LogP contribution is -2.20. The summed E-state index contributed by atoms with van der Waals surface area (Å²) in [7, 11) is 0. The molecule has 0 unspecified atom stereocenters. The molecule has 0 radical (unpaired) electrons. The van der Waals surface area contributed by atoms with Gasteiger partial charge in [0.1, 0.15) is 17.2 Å². The molecule has 5 nitrogen and oxygen atoms in total. The second-order valence-electron chi connectivity index (χ2n) is 4.96. The summed E-state index contributed by atoms with van der Waals surface area (Å²) in [6, 6.07) is 2.32. The second-order valence-corrected chi connectivity index (χ2v) is 4.96. The van der Waals surface area contributed by atoms with Crippen LogP contribution in [0.1, 0.15) is 17.3 Å². The molecule has 1 N–H and O–H groups in total. The van der Waals surface area contributed by atoms with Crippen LogP contribution in [-0.2, 0) is 9.53 Å². The van der Waals surface area contributed by atoms with Crippen molar-refractivity contribution in [3.63, 3.8) is 0 Å². The number of carbonyl (C=O) groups is 2. The van der Waals surface area contributed by atoms with Crippen molar-refractivity contribution in [2.75, 3.05) is 11.9 Å². The Bertz CT molecular complexity index is 914. The van der Waals surface area contributed by atoms with E-state index in [4.69, 9.17) is 0 Å². The summed E-state index contributed by atoms with van der Waals surface area (Å²) in [5.74, 6) is -11.4. The number of benzene rings is 1. The third-order valence-electron chi connectivity index (χ3n) is 3.18. The molecule has 0 bridgehead atoms. The molecule has 0 atom stereocenters. The number of ether oxygens (including phenoxy) is 1. The van der Waals surface area contributed by atoms with Gasteiger partial charge in [0, 0.05) is 6.20 Å². The van der Waals surface area contributed by atoms with Gasteiger partial charge in [-0.3, -0.25) is 4.79 Å². The van der Waals surface area contributed by atoms with Gasteiger partial charge in [-0.15, -0.1) is 0 Å². The molecule has 0 amide bonds. The first-order chi connectivity index (χ1) is 12.8. The van der Waals surface area contributed by atoms with Crippen molar-refractivity contribution in [1.29, 1.82) is 0 Å². The van der Waals surface area contributed by atoms with E-state index in [9.17, 15) is 31.5 Å². The van der Waals surface area contributed by atoms with Gasteiger partial charge in [0.2, 0.25) is 5.78 Å². The summed E-state index contributed by atoms with van der Waals surface area (Å²) < 4.78 is 71.1. The Morgan fingerprint density at radius 3 is 2.41 bits per heavy atom. The number of pyridine rings is 1. The van der Waals surface area contributed by atoms with Crippen molar-refractivity contribution < 1.29 is 36.3 Å². The Morgan fingerprint density at radius 2 is 1.81 bits per heavy atom. The lowest BCUT2D eigenvalue weighted by Gasteiger charge is -2.09. The number of nitrogens with one attached hydrogen (secondary N) is 1. The first kappa shape index (κ1) is 20.0. The highest BCUT2D eigenvalue weighted by Crippen LogP contribution is 2.22. The highest BCUT2D eigenvalue weighted by molar-refractivity contribution is 6.24. The Balaban J connectivity index is 2.45. The summed E-state index contributed by atoms with van der Waals surface area (Å²) in [4.78, 5) is 28.0. The fraction of sp³-hybridized carbons (Fsp3) is 0.118. The number of esters is 1. The molecule has 1 heterocycles. The number of anilines is 1. The highest BCUT2D eigenvalue weighted by atomic mass is 19.2. The van der Waals surface area contributed by atoms with Crippen LogP contribution in [-0.4, -0.2) is 23.3 Å². The van der Waals surface area contributed by atoms with E-state index in [1.54, 1.807) is 0 Å². The van der Waals surface area contributed by atoms with Gasteiger partial charge < -0.3 is 10.1 Å². The summed E-state index contributed by atoms with van der Waals surface area (Å²) in [5.41, 5.74) is -2.05. The zero-order valence-electron chi connectivity index (χ0n) is 13.7. The average molecular weight is 386 g/mol. The van der Waals surface area contributed by atoms with Gasteiger partial charge in [-0.05, 0) is 25.1 Å². The van der Waals surface area contributed by atoms with E-state index in [2.05, 4.69) is 15.0 Å². The van der Waals surface area contributed by atoms with Crippen LogP contribution in [0.15, 0.2) is 36.2 Å². The van der Waals surface area contributed by atoms with E-state index < -0.39 is 52.0 Å². The largest absolute Gasteiger partial charge is 0.462 e. The molecule has 0 fully saturated rings. The number of nitrogens with zero attached hydrogens (tertiary/aromatic N) is 1. The second kappa shape index (κ2) is 8.39. The predicted molar refractivity (Wildman–Crippen MR) is 83.1 cm³/mol. The molecule has 0 saturated heterocycles. The minimum absolute atomic E-state index is 0.00272. The maximum atomic E-state index is 13.9. The number of hydrogen-bond acceptors (Lipinski definition) is 5.